The van der Waals surface area contributed by atoms with E-state index in [9.17, 15) is 4.79 Å². The molecule has 0 aliphatic carbocycles. The van der Waals surface area contributed by atoms with Crippen molar-refractivity contribution in [3.63, 3.8) is 0 Å². The van der Waals surface area contributed by atoms with Crippen molar-refractivity contribution < 1.29 is 15.0 Å². The van der Waals surface area contributed by atoms with Gasteiger partial charge in [-0.1, -0.05) is 13.3 Å². The summed E-state index contributed by atoms with van der Waals surface area (Å²) in [5, 5.41) is 20.7. The quantitative estimate of drug-likeness (QED) is 0.510. The first-order valence-corrected chi connectivity index (χ1v) is 5.66. The molecule has 0 aromatic carbocycles. The van der Waals surface area contributed by atoms with Gasteiger partial charge in [0.1, 0.15) is 5.54 Å². The monoisotopic (exact) mass is 217 g/mol. The van der Waals surface area contributed by atoms with Crippen molar-refractivity contribution in [3.8, 4) is 0 Å². The normalized spacial score (nSPS) is 14.9. The number of aliphatic carboxylic acids is 1. The fraction of sp³-hybridized carbons (Fsp3) is 0.909. The van der Waals surface area contributed by atoms with Crippen molar-refractivity contribution in [2.75, 3.05) is 13.2 Å². The summed E-state index contributed by atoms with van der Waals surface area (Å²) in [4.78, 5) is 11.0. The number of unbranched alkanes of at least 4 members (excludes halogenated alkanes) is 2. The lowest BCUT2D eigenvalue weighted by molar-refractivity contribution is -0.144. The first kappa shape index (κ1) is 14.4. The molecule has 4 heteroatoms. The number of hydrogen-bond donors (Lipinski definition) is 3. The number of carboxylic acid groups (broad SMARTS) is 1. The van der Waals surface area contributed by atoms with Gasteiger partial charge in [0.05, 0.1) is 0 Å². The SMILES string of the molecule is CCCC(C)(NCCCCCO)C(=O)O. The van der Waals surface area contributed by atoms with Crippen LogP contribution in [-0.4, -0.2) is 34.9 Å². The third kappa shape index (κ3) is 5.74. The van der Waals surface area contributed by atoms with Crippen LogP contribution >= 0.6 is 0 Å². The second kappa shape index (κ2) is 7.65. The molecule has 0 aliphatic heterocycles. The first-order valence-electron chi connectivity index (χ1n) is 5.66. The first-order chi connectivity index (χ1) is 7.06. The van der Waals surface area contributed by atoms with Gasteiger partial charge in [-0.25, -0.2) is 0 Å². The van der Waals surface area contributed by atoms with E-state index >= 15 is 0 Å². The van der Waals surface area contributed by atoms with Crippen molar-refractivity contribution in [2.24, 2.45) is 0 Å². The highest BCUT2D eigenvalue weighted by atomic mass is 16.4. The second-order valence-electron chi connectivity index (χ2n) is 4.10. The number of carbonyl (C=O) groups is 1. The van der Waals surface area contributed by atoms with Gasteiger partial charge in [0.2, 0.25) is 0 Å². The molecule has 0 aliphatic rings. The maximum atomic E-state index is 11.0. The predicted octanol–water partition coefficient (Wildman–Crippen LogP) is 1.38. The van der Waals surface area contributed by atoms with Crippen LogP contribution in [0, 0.1) is 0 Å². The molecule has 0 amide bonds. The highest BCUT2D eigenvalue weighted by Crippen LogP contribution is 2.12. The van der Waals surface area contributed by atoms with Gasteiger partial charge < -0.3 is 15.5 Å². The Kier molecular flexibility index (Phi) is 7.34. The average Bonchev–Trinajstić information content (AvgIpc) is 2.18. The Morgan fingerprint density at radius 3 is 2.47 bits per heavy atom. The number of rotatable bonds is 9. The van der Waals surface area contributed by atoms with Crippen molar-refractivity contribution in [2.45, 2.75) is 51.5 Å². The standard InChI is InChI=1S/C11H23NO3/c1-3-7-11(2,10(14)15)12-8-5-4-6-9-13/h12-13H,3-9H2,1-2H3,(H,14,15). The van der Waals surface area contributed by atoms with Gasteiger partial charge in [0, 0.05) is 6.61 Å². The molecular formula is C11H23NO3. The summed E-state index contributed by atoms with van der Waals surface area (Å²) in [7, 11) is 0. The molecule has 0 saturated carbocycles. The number of carboxylic acids is 1. The minimum atomic E-state index is -0.798. The fourth-order valence-corrected chi connectivity index (χ4v) is 1.55. The largest absolute Gasteiger partial charge is 0.480 e. The number of nitrogens with one attached hydrogen (secondary N) is 1. The van der Waals surface area contributed by atoms with E-state index < -0.39 is 11.5 Å². The minimum absolute atomic E-state index is 0.213. The Bertz CT molecular complexity index is 185. The number of hydrogen-bond acceptors (Lipinski definition) is 3. The average molecular weight is 217 g/mol. The number of aliphatic hydroxyl groups is 1. The summed E-state index contributed by atoms with van der Waals surface area (Å²) in [6.07, 6.45) is 4.13. The third-order valence-electron chi connectivity index (χ3n) is 2.57. The Balaban J connectivity index is 3.81. The van der Waals surface area contributed by atoms with E-state index in [2.05, 4.69) is 5.32 Å². The van der Waals surface area contributed by atoms with E-state index in [-0.39, 0.29) is 6.61 Å². The Morgan fingerprint density at radius 2 is 2.00 bits per heavy atom. The highest BCUT2D eigenvalue weighted by molar-refractivity contribution is 5.78. The lowest BCUT2D eigenvalue weighted by atomic mass is 9.96. The molecule has 0 rings (SSSR count). The van der Waals surface area contributed by atoms with E-state index in [1.54, 1.807) is 6.92 Å². The zero-order chi connectivity index (χ0) is 11.7. The molecule has 0 fully saturated rings. The molecule has 15 heavy (non-hydrogen) atoms. The summed E-state index contributed by atoms with van der Waals surface area (Å²) in [5.41, 5.74) is -0.798. The van der Waals surface area contributed by atoms with Crippen LogP contribution in [-0.2, 0) is 4.79 Å². The van der Waals surface area contributed by atoms with Crippen molar-refractivity contribution in [1.29, 1.82) is 0 Å². The van der Waals surface area contributed by atoms with Crippen molar-refractivity contribution >= 4 is 5.97 Å². The van der Waals surface area contributed by atoms with Crippen LogP contribution in [0.5, 0.6) is 0 Å². The summed E-state index contributed by atoms with van der Waals surface area (Å²) < 4.78 is 0. The Labute approximate surface area is 91.7 Å². The molecular weight excluding hydrogens is 194 g/mol. The van der Waals surface area contributed by atoms with Crippen LogP contribution in [0.1, 0.15) is 46.0 Å². The zero-order valence-corrected chi connectivity index (χ0v) is 9.75. The molecule has 4 nitrogen and oxygen atoms in total. The predicted molar refractivity (Wildman–Crippen MR) is 59.9 cm³/mol. The molecule has 90 valence electrons. The van der Waals surface area contributed by atoms with Gasteiger partial charge in [0.25, 0.3) is 0 Å². The summed E-state index contributed by atoms with van der Waals surface area (Å²) >= 11 is 0. The van der Waals surface area contributed by atoms with E-state index in [4.69, 9.17) is 10.2 Å². The molecule has 0 aromatic heterocycles. The van der Waals surface area contributed by atoms with Crippen LogP contribution in [0.2, 0.25) is 0 Å². The van der Waals surface area contributed by atoms with Crippen molar-refractivity contribution in [3.05, 3.63) is 0 Å². The van der Waals surface area contributed by atoms with Gasteiger partial charge in [-0.3, -0.25) is 4.79 Å². The van der Waals surface area contributed by atoms with Gasteiger partial charge in [-0.05, 0) is 39.2 Å². The third-order valence-corrected chi connectivity index (χ3v) is 2.57. The summed E-state index contributed by atoms with van der Waals surface area (Å²) in [5.74, 6) is -0.786. The van der Waals surface area contributed by atoms with Gasteiger partial charge in [-0.2, -0.15) is 0 Å². The maximum absolute atomic E-state index is 11.0. The topological polar surface area (TPSA) is 69.6 Å². The van der Waals surface area contributed by atoms with Gasteiger partial charge in [-0.15, -0.1) is 0 Å². The maximum Gasteiger partial charge on any atom is 0.323 e. The number of aliphatic hydroxyl groups excluding tert-OH is 1. The Morgan fingerprint density at radius 1 is 1.33 bits per heavy atom. The van der Waals surface area contributed by atoms with E-state index in [0.717, 1.165) is 25.7 Å². The molecule has 0 saturated heterocycles. The summed E-state index contributed by atoms with van der Waals surface area (Å²) in [6.45, 7) is 4.62. The molecule has 1 atom stereocenters. The molecule has 0 bridgehead atoms. The lowest BCUT2D eigenvalue weighted by Gasteiger charge is -2.25. The van der Waals surface area contributed by atoms with E-state index in [0.29, 0.717) is 13.0 Å². The Hall–Kier alpha value is -0.610. The zero-order valence-electron chi connectivity index (χ0n) is 9.75. The van der Waals surface area contributed by atoms with E-state index in [1.807, 2.05) is 6.92 Å². The molecule has 0 spiro atoms. The lowest BCUT2D eigenvalue weighted by Crippen LogP contribution is -2.49. The summed E-state index contributed by atoms with van der Waals surface area (Å²) in [6, 6.07) is 0. The highest BCUT2D eigenvalue weighted by Gasteiger charge is 2.30. The minimum Gasteiger partial charge on any atom is -0.480 e. The van der Waals surface area contributed by atoms with Gasteiger partial charge in [0.15, 0.2) is 0 Å². The van der Waals surface area contributed by atoms with Crippen LogP contribution in [0.3, 0.4) is 0 Å². The van der Waals surface area contributed by atoms with Crippen LogP contribution in [0.15, 0.2) is 0 Å². The molecule has 3 N–H and O–H groups in total. The van der Waals surface area contributed by atoms with E-state index in [1.165, 1.54) is 0 Å². The molecule has 0 aromatic rings. The second-order valence-corrected chi connectivity index (χ2v) is 4.10. The van der Waals surface area contributed by atoms with Gasteiger partial charge >= 0.3 is 5.97 Å². The molecule has 1 unspecified atom stereocenters. The smallest absolute Gasteiger partial charge is 0.323 e. The molecule has 0 radical (unpaired) electrons. The van der Waals surface area contributed by atoms with Crippen molar-refractivity contribution in [1.82, 2.24) is 5.32 Å². The van der Waals surface area contributed by atoms with Crippen LogP contribution < -0.4 is 5.32 Å². The molecule has 0 heterocycles. The fourth-order valence-electron chi connectivity index (χ4n) is 1.55. The van der Waals surface area contributed by atoms with Crippen LogP contribution in [0.4, 0.5) is 0 Å². The van der Waals surface area contributed by atoms with Crippen LogP contribution in [0.25, 0.3) is 0 Å².